The lowest BCUT2D eigenvalue weighted by Gasteiger charge is -2.20. The third kappa shape index (κ3) is 7.58. The zero-order chi connectivity index (χ0) is 21.2. The third-order valence-corrected chi connectivity index (χ3v) is 4.43. The van der Waals surface area contributed by atoms with Crippen molar-refractivity contribution in [3.8, 4) is 0 Å². The van der Waals surface area contributed by atoms with Crippen LogP contribution in [-0.2, 0) is 4.79 Å². The molecule has 2 aromatic carbocycles. The molecule has 0 aromatic heterocycles. The van der Waals surface area contributed by atoms with Crippen LogP contribution in [0.3, 0.4) is 0 Å². The maximum absolute atomic E-state index is 12.6. The Morgan fingerprint density at radius 2 is 1.41 bits per heavy atom. The summed E-state index contributed by atoms with van der Waals surface area (Å²) in [6.07, 6.45) is 0.502. The minimum absolute atomic E-state index is 0.199. The van der Waals surface area contributed by atoms with Crippen molar-refractivity contribution in [2.75, 3.05) is 13.1 Å². The van der Waals surface area contributed by atoms with Crippen LogP contribution < -0.4 is 16.0 Å². The lowest BCUT2D eigenvalue weighted by atomic mass is 10.0. The minimum atomic E-state index is -0.664. The summed E-state index contributed by atoms with van der Waals surface area (Å²) in [5.41, 5.74) is 0.998. The third-order valence-electron chi connectivity index (χ3n) is 4.18. The quantitative estimate of drug-likeness (QED) is 0.550. The molecule has 0 bridgehead atoms. The lowest BCUT2D eigenvalue weighted by Crippen LogP contribution is -2.48. The van der Waals surface area contributed by atoms with Crippen LogP contribution in [-0.4, -0.2) is 36.9 Å². The van der Waals surface area contributed by atoms with E-state index in [0.29, 0.717) is 29.1 Å². The second-order valence-corrected chi connectivity index (χ2v) is 7.51. The van der Waals surface area contributed by atoms with E-state index in [4.69, 9.17) is 11.6 Å². The van der Waals surface area contributed by atoms with Crippen LogP contribution in [0.25, 0.3) is 0 Å². The minimum Gasteiger partial charge on any atom is -0.353 e. The molecule has 29 heavy (non-hydrogen) atoms. The van der Waals surface area contributed by atoms with Crippen molar-refractivity contribution in [2.45, 2.75) is 26.3 Å². The van der Waals surface area contributed by atoms with Gasteiger partial charge in [0, 0.05) is 29.2 Å². The van der Waals surface area contributed by atoms with Gasteiger partial charge in [0.25, 0.3) is 11.8 Å². The van der Waals surface area contributed by atoms with Gasteiger partial charge in [-0.2, -0.15) is 0 Å². The predicted molar refractivity (Wildman–Crippen MR) is 114 cm³/mol. The van der Waals surface area contributed by atoms with Crippen LogP contribution in [0.2, 0.25) is 5.02 Å². The molecular weight excluding hydrogens is 390 g/mol. The van der Waals surface area contributed by atoms with Crippen LogP contribution in [0.5, 0.6) is 0 Å². The second-order valence-electron chi connectivity index (χ2n) is 7.08. The Labute approximate surface area is 176 Å². The average Bonchev–Trinajstić information content (AvgIpc) is 2.71. The number of carbonyl (C=O) groups excluding carboxylic acids is 3. The lowest BCUT2D eigenvalue weighted by molar-refractivity contribution is -0.123. The highest BCUT2D eigenvalue weighted by atomic mass is 35.5. The van der Waals surface area contributed by atoms with Crippen LogP contribution in [0.4, 0.5) is 0 Å². The van der Waals surface area contributed by atoms with Crippen LogP contribution >= 0.6 is 11.6 Å². The summed E-state index contributed by atoms with van der Waals surface area (Å²) in [5, 5.41) is 8.84. The number of nitrogens with one attached hydrogen (secondary N) is 3. The highest BCUT2D eigenvalue weighted by Crippen LogP contribution is 2.11. The molecule has 1 unspecified atom stereocenters. The van der Waals surface area contributed by atoms with E-state index < -0.39 is 6.04 Å². The maximum atomic E-state index is 12.6. The zero-order valence-corrected chi connectivity index (χ0v) is 17.3. The molecule has 0 radical (unpaired) electrons. The molecule has 0 heterocycles. The summed E-state index contributed by atoms with van der Waals surface area (Å²) in [7, 11) is 0. The second kappa shape index (κ2) is 11.2. The molecule has 2 aromatic rings. The van der Waals surface area contributed by atoms with E-state index in [1.807, 2.05) is 19.9 Å². The standard InChI is InChI=1S/C22H26ClN3O3/c1-15(2)14-19(26-21(28)17-8-10-18(23)11-9-17)22(29)25-13-12-24-20(27)16-6-4-3-5-7-16/h3-11,15,19H,12-14H2,1-2H3,(H,24,27)(H,25,29)(H,26,28). The van der Waals surface area contributed by atoms with Gasteiger partial charge in [0.2, 0.25) is 5.91 Å². The molecule has 0 aliphatic carbocycles. The predicted octanol–water partition coefficient (Wildman–Crippen LogP) is 3.03. The van der Waals surface area contributed by atoms with Crippen molar-refractivity contribution in [1.82, 2.24) is 16.0 Å². The van der Waals surface area contributed by atoms with E-state index in [1.165, 1.54) is 0 Å². The van der Waals surface area contributed by atoms with Gasteiger partial charge in [-0.1, -0.05) is 43.6 Å². The van der Waals surface area contributed by atoms with Crippen molar-refractivity contribution < 1.29 is 14.4 Å². The molecule has 7 heteroatoms. The van der Waals surface area contributed by atoms with E-state index >= 15 is 0 Å². The Morgan fingerprint density at radius 1 is 0.828 bits per heavy atom. The van der Waals surface area contributed by atoms with E-state index in [2.05, 4.69) is 16.0 Å². The molecule has 6 nitrogen and oxygen atoms in total. The van der Waals surface area contributed by atoms with Crippen molar-refractivity contribution >= 4 is 29.3 Å². The molecule has 0 aliphatic heterocycles. The zero-order valence-electron chi connectivity index (χ0n) is 16.6. The van der Waals surface area contributed by atoms with Crippen molar-refractivity contribution in [1.29, 1.82) is 0 Å². The van der Waals surface area contributed by atoms with Gasteiger partial charge in [-0.15, -0.1) is 0 Å². The summed E-state index contributed by atoms with van der Waals surface area (Å²) in [5.74, 6) is -0.599. The number of carbonyl (C=O) groups is 3. The van der Waals surface area contributed by atoms with Gasteiger partial charge >= 0.3 is 0 Å². The smallest absolute Gasteiger partial charge is 0.251 e. The molecule has 2 rings (SSSR count). The summed E-state index contributed by atoms with van der Waals surface area (Å²) < 4.78 is 0. The Bertz CT molecular complexity index is 823. The average molecular weight is 416 g/mol. The fourth-order valence-electron chi connectivity index (χ4n) is 2.72. The van der Waals surface area contributed by atoms with Gasteiger partial charge in [0.1, 0.15) is 6.04 Å². The Balaban J connectivity index is 1.85. The fourth-order valence-corrected chi connectivity index (χ4v) is 2.85. The summed E-state index contributed by atoms with van der Waals surface area (Å²) >= 11 is 5.85. The Morgan fingerprint density at radius 3 is 2.03 bits per heavy atom. The maximum Gasteiger partial charge on any atom is 0.251 e. The first-order valence-corrected chi connectivity index (χ1v) is 9.92. The monoisotopic (exact) mass is 415 g/mol. The van der Waals surface area contributed by atoms with Gasteiger partial charge in [0.15, 0.2) is 0 Å². The molecule has 3 amide bonds. The summed E-state index contributed by atoms with van der Waals surface area (Å²) in [6.45, 7) is 4.52. The number of benzene rings is 2. The van der Waals surface area contributed by atoms with Crippen molar-refractivity contribution in [2.24, 2.45) is 5.92 Å². The topological polar surface area (TPSA) is 87.3 Å². The largest absolute Gasteiger partial charge is 0.353 e. The molecule has 0 spiro atoms. The molecule has 1 atom stereocenters. The highest BCUT2D eigenvalue weighted by Gasteiger charge is 2.22. The van der Waals surface area contributed by atoms with Gasteiger partial charge in [-0.25, -0.2) is 0 Å². The van der Waals surface area contributed by atoms with Gasteiger partial charge in [0.05, 0.1) is 0 Å². The molecule has 0 fully saturated rings. The number of hydrogen-bond donors (Lipinski definition) is 3. The van der Waals surface area contributed by atoms with Crippen LogP contribution in [0, 0.1) is 5.92 Å². The molecule has 0 saturated carbocycles. The molecule has 0 aliphatic rings. The molecule has 0 saturated heterocycles. The van der Waals surface area contributed by atoms with Gasteiger partial charge in [-0.05, 0) is 48.7 Å². The Hall–Kier alpha value is -2.86. The first-order valence-electron chi connectivity index (χ1n) is 9.54. The molecule has 154 valence electrons. The highest BCUT2D eigenvalue weighted by molar-refractivity contribution is 6.30. The number of halogens is 1. The number of rotatable bonds is 9. The molecular formula is C22H26ClN3O3. The van der Waals surface area contributed by atoms with Gasteiger partial charge < -0.3 is 16.0 Å². The van der Waals surface area contributed by atoms with Crippen molar-refractivity contribution in [3.63, 3.8) is 0 Å². The number of amides is 3. The first-order chi connectivity index (χ1) is 13.9. The summed E-state index contributed by atoms with van der Waals surface area (Å²) in [6, 6.07) is 14.7. The van der Waals surface area contributed by atoms with E-state index in [1.54, 1.807) is 48.5 Å². The van der Waals surface area contributed by atoms with E-state index in [-0.39, 0.29) is 30.2 Å². The number of hydrogen-bond acceptors (Lipinski definition) is 3. The first kappa shape index (κ1) is 22.4. The van der Waals surface area contributed by atoms with Crippen molar-refractivity contribution in [3.05, 3.63) is 70.7 Å². The molecule has 3 N–H and O–H groups in total. The van der Waals surface area contributed by atoms with Gasteiger partial charge in [-0.3, -0.25) is 14.4 Å². The fraction of sp³-hybridized carbons (Fsp3) is 0.318. The van der Waals surface area contributed by atoms with Crippen LogP contribution in [0.1, 0.15) is 41.0 Å². The Kier molecular flexibility index (Phi) is 8.68. The normalized spacial score (nSPS) is 11.6. The van der Waals surface area contributed by atoms with E-state index in [9.17, 15) is 14.4 Å². The van der Waals surface area contributed by atoms with E-state index in [0.717, 1.165) is 0 Å². The van der Waals surface area contributed by atoms with Crippen LogP contribution in [0.15, 0.2) is 54.6 Å². The SMILES string of the molecule is CC(C)CC(NC(=O)c1ccc(Cl)cc1)C(=O)NCCNC(=O)c1ccccc1. The summed E-state index contributed by atoms with van der Waals surface area (Å²) in [4.78, 5) is 37.0.